The first-order valence-corrected chi connectivity index (χ1v) is 6.62. The number of hydrogen-bond donors (Lipinski definition) is 3. The molecule has 1 rings (SSSR count). The molecule has 0 saturated carbocycles. The lowest BCUT2D eigenvalue weighted by Gasteiger charge is -2.26. The van der Waals surface area contributed by atoms with Gasteiger partial charge in [0.2, 0.25) is 0 Å². The molecule has 0 bridgehead atoms. The predicted molar refractivity (Wildman–Crippen MR) is 62.9 cm³/mol. The molecule has 0 aliphatic heterocycles. The van der Waals surface area contributed by atoms with Crippen molar-refractivity contribution in [3.63, 3.8) is 0 Å². The number of carbonyl (C=O) groups is 1. The fraction of sp³-hybridized carbons (Fsp3) is 0.364. The molecular weight excluding hydrogens is 243 g/mol. The number of hydrogen-bond acceptors (Lipinski definition) is 2. The highest BCUT2D eigenvalue weighted by Gasteiger charge is 2.39. The van der Waals surface area contributed by atoms with E-state index in [0.29, 0.717) is 11.1 Å². The summed E-state index contributed by atoms with van der Waals surface area (Å²) in [6, 6.07) is 6.25. The minimum absolute atomic E-state index is 0.101. The Morgan fingerprint density at radius 2 is 1.71 bits per heavy atom. The van der Waals surface area contributed by atoms with Gasteiger partial charge in [-0.2, -0.15) is 0 Å². The summed E-state index contributed by atoms with van der Waals surface area (Å²) in [7, 11) is -4.25. The van der Waals surface area contributed by atoms with Crippen LogP contribution in [0, 0.1) is 0 Å². The minimum atomic E-state index is -4.25. The van der Waals surface area contributed by atoms with Crippen LogP contribution in [-0.4, -0.2) is 20.9 Å². The molecule has 0 radical (unpaired) electrons. The highest BCUT2D eigenvalue weighted by molar-refractivity contribution is 7.53. The topological polar surface area (TPSA) is 94.8 Å². The molecule has 0 aromatic heterocycles. The first-order chi connectivity index (χ1) is 7.64. The predicted octanol–water partition coefficient (Wildman–Crippen LogP) is 1.73. The summed E-state index contributed by atoms with van der Waals surface area (Å²) in [4.78, 5) is 28.9. The van der Waals surface area contributed by atoms with E-state index in [1.165, 1.54) is 13.8 Å². The van der Waals surface area contributed by atoms with Crippen LogP contribution < -0.4 is 0 Å². The first kappa shape index (κ1) is 13.9. The maximum atomic E-state index is 11.3. The quantitative estimate of drug-likeness (QED) is 0.715. The summed E-state index contributed by atoms with van der Waals surface area (Å²) in [5, 5.41) is 7.33. The van der Waals surface area contributed by atoms with E-state index in [4.69, 9.17) is 5.11 Å². The van der Waals surface area contributed by atoms with Gasteiger partial charge in [-0.05, 0) is 25.0 Å². The molecule has 0 amide bonds. The molecule has 0 atom stereocenters. The monoisotopic (exact) mass is 258 g/mol. The second-order valence-corrected chi connectivity index (χ2v) is 6.58. The number of aliphatic carboxylic acids is 1. The van der Waals surface area contributed by atoms with Crippen LogP contribution in [0.25, 0.3) is 0 Å². The van der Waals surface area contributed by atoms with Crippen molar-refractivity contribution in [2.75, 3.05) is 0 Å². The van der Waals surface area contributed by atoms with E-state index in [0.717, 1.165) is 0 Å². The zero-order chi connectivity index (χ0) is 13.3. The van der Waals surface area contributed by atoms with Crippen molar-refractivity contribution in [3.05, 3.63) is 35.4 Å². The lowest BCUT2D eigenvalue weighted by molar-refractivity contribution is -0.136. The number of rotatable bonds is 4. The molecule has 0 heterocycles. The Balaban J connectivity index is 3.03. The molecule has 3 N–H and O–H groups in total. The van der Waals surface area contributed by atoms with Crippen molar-refractivity contribution in [3.8, 4) is 0 Å². The number of benzene rings is 1. The van der Waals surface area contributed by atoms with Crippen LogP contribution >= 0.6 is 7.60 Å². The Morgan fingerprint density at radius 1 is 1.24 bits per heavy atom. The Kier molecular flexibility index (Phi) is 3.77. The van der Waals surface area contributed by atoms with Crippen LogP contribution in [0.1, 0.15) is 25.0 Å². The van der Waals surface area contributed by atoms with Gasteiger partial charge in [0.15, 0.2) is 0 Å². The lowest BCUT2D eigenvalue weighted by atomic mass is 10.00. The largest absolute Gasteiger partial charge is 0.481 e. The van der Waals surface area contributed by atoms with E-state index in [2.05, 4.69) is 0 Å². The maximum Gasteiger partial charge on any atom is 0.335 e. The maximum absolute atomic E-state index is 11.3. The fourth-order valence-corrected chi connectivity index (χ4v) is 1.86. The van der Waals surface area contributed by atoms with E-state index in [9.17, 15) is 19.1 Å². The minimum Gasteiger partial charge on any atom is -0.481 e. The molecule has 0 aliphatic rings. The highest BCUT2D eigenvalue weighted by atomic mass is 31.2. The Bertz CT molecular complexity index is 457. The normalized spacial score (nSPS) is 12.5. The average Bonchev–Trinajstić information content (AvgIpc) is 2.15. The van der Waals surface area contributed by atoms with Crippen LogP contribution in [0.15, 0.2) is 24.3 Å². The molecule has 1 aromatic rings. The van der Waals surface area contributed by atoms with Gasteiger partial charge >= 0.3 is 13.6 Å². The molecule has 0 aliphatic carbocycles. The van der Waals surface area contributed by atoms with Gasteiger partial charge in [0.05, 0.1) is 11.6 Å². The lowest BCUT2D eigenvalue weighted by Crippen LogP contribution is -2.17. The number of carboxylic acid groups (broad SMARTS) is 1. The van der Waals surface area contributed by atoms with Gasteiger partial charge in [-0.25, -0.2) is 0 Å². The zero-order valence-corrected chi connectivity index (χ0v) is 10.5. The standard InChI is InChI=1S/C11H15O5P/c1-11(2,17(14,15)16)9-5-3-8(4-6-9)7-10(12)13/h3-6H,7H2,1-2H3,(H,12,13)(H2,14,15,16). The highest BCUT2D eigenvalue weighted by Crippen LogP contribution is 2.56. The Labute approximate surface area is 99.3 Å². The fourth-order valence-electron chi connectivity index (χ4n) is 1.37. The molecule has 0 unspecified atom stereocenters. The van der Waals surface area contributed by atoms with E-state index in [-0.39, 0.29) is 6.42 Å². The summed E-state index contributed by atoms with van der Waals surface area (Å²) in [6.45, 7) is 2.92. The van der Waals surface area contributed by atoms with E-state index >= 15 is 0 Å². The van der Waals surface area contributed by atoms with E-state index in [1.807, 2.05) is 0 Å². The SMILES string of the molecule is CC(C)(c1ccc(CC(=O)O)cc1)P(=O)(O)O. The molecule has 0 saturated heterocycles. The van der Waals surface area contributed by atoms with Crippen molar-refractivity contribution in [1.82, 2.24) is 0 Å². The van der Waals surface area contributed by atoms with Crippen molar-refractivity contribution in [2.24, 2.45) is 0 Å². The van der Waals surface area contributed by atoms with Gasteiger partial charge < -0.3 is 14.9 Å². The van der Waals surface area contributed by atoms with Crippen molar-refractivity contribution in [2.45, 2.75) is 25.4 Å². The summed E-state index contributed by atoms with van der Waals surface area (Å²) < 4.78 is 11.3. The van der Waals surface area contributed by atoms with Gasteiger partial charge in [-0.1, -0.05) is 24.3 Å². The van der Waals surface area contributed by atoms with Crippen molar-refractivity contribution >= 4 is 13.6 Å². The van der Waals surface area contributed by atoms with Crippen LogP contribution in [0.2, 0.25) is 0 Å². The van der Waals surface area contributed by atoms with Crippen LogP contribution in [0.3, 0.4) is 0 Å². The van der Waals surface area contributed by atoms with E-state index in [1.54, 1.807) is 24.3 Å². The third kappa shape index (κ3) is 3.16. The second-order valence-electron chi connectivity index (χ2n) is 4.37. The molecule has 1 aromatic carbocycles. The molecule has 94 valence electrons. The Morgan fingerprint density at radius 3 is 2.06 bits per heavy atom. The van der Waals surface area contributed by atoms with Crippen molar-refractivity contribution in [1.29, 1.82) is 0 Å². The third-order valence-corrected chi connectivity index (χ3v) is 4.46. The number of carboxylic acids is 1. The van der Waals surface area contributed by atoms with Gasteiger partial charge in [0.1, 0.15) is 0 Å². The molecule has 17 heavy (non-hydrogen) atoms. The molecular formula is C11H15O5P. The zero-order valence-electron chi connectivity index (χ0n) is 9.62. The van der Waals surface area contributed by atoms with Crippen LogP contribution in [-0.2, 0) is 20.9 Å². The van der Waals surface area contributed by atoms with Gasteiger partial charge in [0, 0.05) is 0 Å². The first-order valence-electron chi connectivity index (χ1n) is 5.01. The van der Waals surface area contributed by atoms with Crippen molar-refractivity contribution < 1.29 is 24.3 Å². The molecule has 0 fully saturated rings. The summed E-state index contributed by atoms with van der Waals surface area (Å²) in [5.74, 6) is -0.938. The Hall–Kier alpha value is -1.16. The van der Waals surface area contributed by atoms with Crippen LogP contribution in [0.5, 0.6) is 0 Å². The third-order valence-electron chi connectivity index (χ3n) is 2.74. The average molecular weight is 258 g/mol. The molecule has 0 spiro atoms. The molecule has 5 nitrogen and oxygen atoms in total. The summed E-state index contributed by atoms with van der Waals surface area (Å²) in [5.41, 5.74) is 1.09. The van der Waals surface area contributed by atoms with Gasteiger partial charge in [-0.15, -0.1) is 0 Å². The smallest absolute Gasteiger partial charge is 0.335 e. The van der Waals surface area contributed by atoms with Gasteiger partial charge in [-0.3, -0.25) is 9.36 Å². The van der Waals surface area contributed by atoms with Crippen LogP contribution in [0.4, 0.5) is 0 Å². The van der Waals surface area contributed by atoms with Gasteiger partial charge in [0.25, 0.3) is 0 Å². The second kappa shape index (κ2) is 4.61. The summed E-state index contributed by atoms with van der Waals surface area (Å²) in [6.07, 6.45) is -0.101. The molecule has 6 heteroatoms. The summed E-state index contributed by atoms with van der Waals surface area (Å²) >= 11 is 0. The van der Waals surface area contributed by atoms with E-state index < -0.39 is 18.7 Å².